The van der Waals surface area contributed by atoms with Gasteiger partial charge in [0, 0.05) is 43.8 Å². The summed E-state index contributed by atoms with van der Waals surface area (Å²) in [5, 5.41) is 8.31. The van der Waals surface area contributed by atoms with E-state index in [2.05, 4.69) is 20.9 Å². The van der Waals surface area contributed by atoms with Crippen molar-refractivity contribution in [2.45, 2.75) is 63.6 Å². The minimum Gasteiger partial charge on any atom is -0.454 e. The molecule has 1 aromatic carbocycles. The van der Waals surface area contributed by atoms with Crippen LogP contribution in [-0.4, -0.2) is 65.9 Å². The van der Waals surface area contributed by atoms with E-state index in [-0.39, 0.29) is 41.2 Å². The summed E-state index contributed by atoms with van der Waals surface area (Å²) >= 11 is 0. The average molecular weight is 512 g/mol. The fourth-order valence-electron chi connectivity index (χ4n) is 4.83. The first-order chi connectivity index (χ1) is 17.9. The monoisotopic (exact) mass is 511 g/mol. The molecule has 2 heterocycles. The number of urea groups is 1. The summed E-state index contributed by atoms with van der Waals surface area (Å²) in [7, 11) is 0. The number of anilines is 1. The molecule has 1 aromatic heterocycles. The van der Waals surface area contributed by atoms with E-state index in [0.29, 0.717) is 37.7 Å². The predicted octanol–water partition coefficient (Wildman–Crippen LogP) is 3.89. The summed E-state index contributed by atoms with van der Waals surface area (Å²) < 4.78 is 20.5. The van der Waals surface area contributed by atoms with Gasteiger partial charge in [-0.2, -0.15) is 0 Å². The lowest BCUT2D eigenvalue weighted by atomic mass is 9.93. The molecule has 2 saturated carbocycles. The largest absolute Gasteiger partial charge is 0.454 e. The average Bonchev–Trinajstić information content (AvgIpc) is 3.34. The predicted molar refractivity (Wildman–Crippen MR) is 136 cm³/mol. The second kappa shape index (κ2) is 10.9. The number of nitrogens with one attached hydrogen (secondary N) is 3. The van der Waals surface area contributed by atoms with Crippen molar-refractivity contribution in [3.8, 4) is 0 Å². The Morgan fingerprint density at radius 1 is 0.946 bits per heavy atom. The highest BCUT2D eigenvalue weighted by Crippen LogP contribution is 2.26. The molecular formula is C27H34FN5O4. The Hall–Kier alpha value is -3.40. The first-order valence-corrected chi connectivity index (χ1v) is 13.2. The molecule has 3 N–H and O–H groups in total. The van der Waals surface area contributed by atoms with E-state index in [9.17, 15) is 18.8 Å². The molecule has 1 atom stereocenters. The molecule has 0 spiro atoms. The van der Waals surface area contributed by atoms with Gasteiger partial charge in [-0.15, -0.1) is 0 Å². The maximum atomic E-state index is 14.6. The van der Waals surface area contributed by atoms with Gasteiger partial charge in [-0.05, 0) is 75.8 Å². The summed E-state index contributed by atoms with van der Waals surface area (Å²) in [5.41, 5.74) is 0.295. The van der Waals surface area contributed by atoms with E-state index in [1.807, 2.05) is 13.0 Å². The number of carbonyl (C=O) groups is 3. The number of hydrogen-bond donors (Lipinski definition) is 3. The highest BCUT2D eigenvalue weighted by atomic mass is 19.1. The van der Waals surface area contributed by atoms with E-state index in [0.717, 1.165) is 38.5 Å². The number of furan rings is 1. The molecule has 3 fully saturated rings. The van der Waals surface area contributed by atoms with Crippen molar-refractivity contribution >= 4 is 23.5 Å². The third-order valence-corrected chi connectivity index (χ3v) is 7.76. The molecule has 2 aromatic rings. The quantitative estimate of drug-likeness (QED) is 0.523. The number of benzene rings is 1. The van der Waals surface area contributed by atoms with Crippen LogP contribution in [0.4, 0.5) is 14.9 Å². The van der Waals surface area contributed by atoms with Gasteiger partial charge in [0.25, 0.3) is 11.8 Å². The Labute approximate surface area is 215 Å². The van der Waals surface area contributed by atoms with Crippen LogP contribution in [0, 0.1) is 5.82 Å². The van der Waals surface area contributed by atoms with Gasteiger partial charge < -0.3 is 25.3 Å². The molecule has 9 nitrogen and oxygen atoms in total. The van der Waals surface area contributed by atoms with Crippen molar-refractivity contribution in [1.29, 1.82) is 0 Å². The Morgan fingerprint density at radius 3 is 2.24 bits per heavy atom. The Kier molecular flexibility index (Phi) is 7.45. The van der Waals surface area contributed by atoms with E-state index in [1.165, 1.54) is 12.1 Å². The lowest BCUT2D eigenvalue weighted by Gasteiger charge is -2.37. The number of carbonyl (C=O) groups excluding carboxylic acids is 3. The van der Waals surface area contributed by atoms with Crippen molar-refractivity contribution in [2.75, 3.05) is 31.5 Å². The lowest BCUT2D eigenvalue weighted by molar-refractivity contribution is 0.0559. The number of piperazine rings is 1. The molecule has 37 heavy (non-hydrogen) atoms. The maximum Gasteiger partial charge on any atom is 0.319 e. The van der Waals surface area contributed by atoms with E-state index in [4.69, 9.17) is 4.42 Å². The minimum absolute atomic E-state index is 0.0450. The number of hydrogen-bond acceptors (Lipinski definition) is 5. The zero-order valence-corrected chi connectivity index (χ0v) is 21.1. The Bertz CT molecular complexity index is 1150. The Morgan fingerprint density at radius 2 is 1.62 bits per heavy atom. The standard InChI is InChI=1S/C27H34FN5O4/c1-17(23-10-11-24(37-23)25(34)29-19-4-2-5-19)32-12-14-33(15-13-32)26(35)18-8-9-22(21(28)16-18)31-27(36)30-20-6-3-7-20/h8-11,16-17,19-20H,2-7,12-15H2,1H3,(H,29,34)(H2,30,31,36). The van der Waals surface area contributed by atoms with Crippen LogP contribution in [0.5, 0.6) is 0 Å². The summed E-state index contributed by atoms with van der Waals surface area (Å²) in [4.78, 5) is 41.3. The third-order valence-electron chi connectivity index (χ3n) is 7.76. The Balaban J connectivity index is 1.12. The van der Waals surface area contributed by atoms with Gasteiger partial charge in [0.1, 0.15) is 11.6 Å². The van der Waals surface area contributed by atoms with Crippen LogP contribution in [0.3, 0.4) is 0 Å². The molecule has 0 radical (unpaired) electrons. The number of amides is 4. The van der Waals surface area contributed by atoms with Gasteiger partial charge in [0.05, 0.1) is 11.7 Å². The normalized spacial score (nSPS) is 19.5. The zero-order valence-electron chi connectivity index (χ0n) is 21.1. The summed E-state index contributed by atoms with van der Waals surface area (Å²) in [6, 6.07) is 7.61. The van der Waals surface area contributed by atoms with Gasteiger partial charge in [-0.1, -0.05) is 0 Å². The number of halogens is 1. The second-order valence-corrected chi connectivity index (χ2v) is 10.2. The van der Waals surface area contributed by atoms with Gasteiger partial charge >= 0.3 is 6.03 Å². The molecule has 1 unspecified atom stereocenters. The van der Waals surface area contributed by atoms with Crippen molar-refractivity contribution in [1.82, 2.24) is 20.4 Å². The summed E-state index contributed by atoms with van der Waals surface area (Å²) in [5.74, 6) is -0.0273. The van der Waals surface area contributed by atoms with Crippen LogP contribution < -0.4 is 16.0 Å². The molecule has 4 amide bonds. The smallest absolute Gasteiger partial charge is 0.319 e. The van der Waals surface area contributed by atoms with E-state index in [1.54, 1.807) is 17.0 Å². The van der Waals surface area contributed by atoms with Crippen LogP contribution in [0.2, 0.25) is 0 Å². The van der Waals surface area contributed by atoms with Crippen molar-refractivity contribution in [3.63, 3.8) is 0 Å². The summed E-state index contributed by atoms with van der Waals surface area (Å²) in [6.07, 6.45) is 6.15. The number of rotatable bonds is 7. The lowest BCUT2D eigenvalue weighted by Crippen LogP contribution is -2.49. The maximum absolute atomic E-state index is 14.6. The van der Waals surface area contributed by atoms with Crippen LogP contribution in [0.25, 0.3) is 0 Å². The SMILES string of the molecule is CC(c1ccc(C(=O)NC2CCC2)o1)N1CCN(C(=O)c2ccc(NC(=O)NC3CCC3)c(F)c2)CC1. The van der Waals surface area contributed by atoms with Crippen LogP contribution >= 0.6 is 0 Å². The van der Waals surface area contributed by atoms with E-state index < -0.39 is 11.8 Å². The van der Waals surface area contributed by atoms with Crippen LogP contribution in [-0.2, 0) is 0 Å². The summed E-state index contributed by atoms with van der Waals surface area (Å²) in [6.45, 7) is 4.25. The highest BCUT2D eigenvalue weighted by Gasteiger charge is 2.28. The second-order valence-electron chi connectivity index (χ2n) is 10.2. The van der Waals surface area contributed by atoms with Gasteiger partial charge in [-0.3, -0.25) is 14.5 Å². The zero-order chi connectivity index (χ0) is 25.9. The van der Waals surface area contributed by atoms with Crippen molar-refractivity contribution in [2.24, 2.45) is 0 Å². The van der Waals surface area contributed by atoms with Gasteiger partial charge in [0.15, 0.2) is 5.76 Å². The fraction of sp³-hybridized carbons (Fsp3) is 0.519. The van der Waals surface area contributed by atoms with Crippen molar-refractivity contribution in [3.05, 3.63) is 53.2 Å². The molecule has 5 rings (SSSR count). The van der Waals surface area contributed by atoms with Crippen molar-refractivity contribution < 1.29 is 23.2 Å². The molecule has 2 aliphatic carbocycles. The topological polar surface area (TPSA) is 107 Å². The van der Waals surface area contributed by atoms with Crippen LogP contribution in [0.15, 0.2) is 34.7 Å². The molecule has 3 aliphatic rings. The highest BCUT2D eigenvalue weighted by molar-refractivity contribution is 5.96. The first kappa shape index (κ1) is 25.3. The molecule has 0 bridgehead atoms. The molecule has 198 valence electrons. The molecular weight excluding hydrogens is 477 g/mol. The first-order valence-electron chi connectivity index (χ1n) is 13.2. The third kappa shape index (κ3) is 5.79. The minimum atomic E-state index is -0.642. The molecule has 1 saturated heterocycles. The molecule has 10 heteroatoms. The fourth-order valence-corrected chi connectivity index (χ4v) is 4.83. The van der Waals surface area contributed by atoms with Gasteiger partial charge in [-0.25, -0.2) is 9.18 Å². The van der Waals surface area contributed by atoms with Crippen LogP contribution in [0.1, 0.15) is 78.2 Å². The van der Waals surface area contributed by atoms with E-state index >= 15 is 0 Å². The molecule has 1 aliphatic heterocycles. The number of nitrogens with zero attached hydrogens (tertiary/aromatic N) is 2. The van der Waals surface area contributed by atoms with Gasteiger partial charge in [0.2, 0.25) is 0 Å².